The average Bonchev–Trinajstić information content (AvgIpc) is 2.64. The highest BCUT2D eigenvalue weighted by Gasteiger charge is 2.38. The molecule has 1 aromatic carbocycles. The number of amides is 1. The fraction of sp³-hybridized carbons (Fsp3) is 0.583. The standard InChI is InChI=1S/C24H38ClN3O3Si/c1-23(2,3)31-22(29)28-14-19(13-21(26)17-10-9-11-18(25)12-17)27-20(15-28)16-30-32(7,8)24(4,5)6/h9-13,20H,14-16,26H2,1-8H3. The molecule has 0 saturated carbocycles. The van der Waals surface area contributed by atoms with E-state index in [2.05, 4.69) is 33.9 Å². The Balaban J connectivity index is 2.28. The van der Waals surface area contributed by atoms with Gasteiger partial charge in [0.1, 0.15) is 5.60 Å². The van der Waals surface area contributed by atoms with Gasteiger partial charge in [-0.15, -0.1) is 0 Å². The summed E-state index contributed by atoms with van der Waals surface area (Å²) < 4.78 is 12.0. The van der Waals surface area contributed by atoms with Crippen LogP contribution in [0, 0.1) is 0 Å². The van der Waals surface area contributed by atoms with Crippen LogP contribution in [0.4, 0.5) is 4.79 Å². The number of hydrogen-bond donors (Lipinski definition) is 1. The molecule has 1 amide bonds. The summed E-state index contributed by atoms with van der Waals surface area (Å²) in [6.45, 7) is 17.8. The number of carbonyl (C=O) groups excluding carboxylic acids is 1. The Morgan fingerprint density at radius 2 is 1.94 bits per heavy atom. The van der Waals surface area contributed by atoms with Gasteiger partial charge in [-0.2, -0.15) is 0 Å². The van der Waals surface area contributed by atoms with Crippen LogP contribution in [0.15, 0.2) is 35.3 Å². The zero-order chi connectivity index (χ0) is 24.3. The molecule has 2 N–H and O–H groups in total. The van der Waals surface area contributed by atoms with Crippen molar-refractivity contribution in [3.8, 4) is 0 Å². The maximum atomic E-state index is 12.8. The number of nitrogens with zero attached hydrogens (tertiary/aromatic N) is 2. The van der Waals surface area contributed by atoms with Crippen molar-refractivity contribution < 1.29 is 14.0 Å². The van der Waals surface area contributed by atoms with E-state index in [1.54, 1.807) is 17.0 Å². The molecule has 1 aliphatic heterocycles. The van der Waals surface area contributed by atoms with Gasteiger partial charge in [-0.25, -0.2) is 4.79 Å². The molecule has 178 valence electrons. The molecule has 6 nitrogen and oxygen atoms in total. The fourth-order valence-corrected chi connectivity index (χ4v) is 4.15. The summed E-state index contributed by atoms with van der Waals surface area (Å²) in [5, 5.41) is 0.705. The first-order valence-electron chi connectivity index (χ1n) is 11.0. The van der Waals surface area contributed by atoms with Crippen LogP contribution >= 0.6 is 11.6 Å². The Labute approximate surface area is 198 Å². The molecule has 0 bridgehead atoms. The normalized spacial score (nSPS) is 18.4. The van der Waals surface area contributed by atoms with E-state index in [0.717, 1.165) is 5.56 Å². The van der Waals surface area contributed by atoms with Crippen LogP contribution in [-0.2, 0) is 9.16 Å². The first-order valence-corrected chi connectivity index (χ1v) is 14.3. The lowest BCUT2D eigenvalue weighted by atomic mass is 10.1. The van der Waals surface area contributed by atoms with Crippen molar-refractivity contribution in [2.75, 3.05) is 19.7 Å². The van der Waals surface area contributed by atoms with Gasteiger partial charge in [0.2, 0.25) is 0 Å². The maximum Gasteiger partial charge on any atom is 0.410 e. The van der Waals surface area contributed by atoms with E-state index >= 15 is 0 Å². The van der Waals surface area contributed by atoms with E-state index in [-0.39, 0.29) is 17.2 Å². The Kier molecular flexibility index (Phi) is 8.23. The van der Waals surface area contributed by atoms with Crippen molar-refractivity contribution in [3.05, 3.63) is 40.9 Å². The minimum Gasteiger partial charge on any atom is -0.444 e. The summed E-state index contributed by atoms with van der Waals surface area (Å²) in [5.74, 6) is 0. The smallest absolute Gasteiger partial charge is 0.410 e. The molecule has 32 heavy (non-hydrogen) atoms. The quantitative estimate of drug-likeness (QED) is 0.547. The van der Waals surface area contributed by atoms with Gasteiger partial charge in [-0.3, -0.25) is 4.99 Å². The second kappa shape index (κ2) is 9.97. The summed E-state index contributed by atoms with van der Waals surface area (Å²) in [4.78, 5) is 19.3. The molecule has 1 aliphatic rings. The van der Waals surface area contributed by atoms with Crippen LogP contribution in [0.5, 0.6) is 0 Å². The van der Waals surface area contributed by atoms with Crippen LogP contribution in [0.25, 0.3) is 5.70 Å². The van der Waals surface area contributed by atoms with Crippen molar-refractivity contribution in [2.24, 2.45) is 10.7 Å². The van der Waals surface area contributed by atoms with Crippen LogP contribution in [0.2, 0.25) is 23.2 Å². The molecule has 0 saturated heterocycles. The van der Waals surface area contributed by atoms with E-state index in [1.807, 2.05) is 39.0 Å². The highest BCUT2D eigenvalue weighted by Crippen LogP contribution is 2.36. The Bertz CT molecular complexity index is 885. The number of nitrogens with two attached hydrogens (primary N) is 1. The first kappa shape index (κ1) is 26.4. The minimum atomic E-state index is -1.95. The Morgan fingerprint density at radius 3 is 2.50 bits per heavy atom. The van der Waals surface area contributed by atoms with Crippen LogP contribution in [-0.4, -0.2) is 56.4 Å². The summed E-state index contributed by atoms with van der Waals surface area (Å²) >= 11 is 6.11. The van der Waals surface area contributed by atoms with Crippen LogP contribution in [0.1, 0.15) is 47.1 Å². The monoisotopic (exact) mass is 479 g/mol. The van der Waals surface area contributed by atoms with Crippen molar-refractivity contribution in [2.45, 2.75) is 71.3 Å². The van der Waals surface area contributed by atoms with Crippen molar-refractivity contribution in [3.63, 3.8) is 0 Å². The lowest BCUT2D eigenvalue weighted by molar-refractivity contribution is 0.0250. The molecule has 8 heteroatoms. The molecule has 0 fully saturated rings. The molecule has 1 heterocycles. The van der Waals surface area contributed by atoms with Gasteiger partial charge in [0, 0.05) is 17.3 Å². The highest BCUT2D eigenvalue weighted by atomic mass is 35.5. The van der Waals surface area contributed by atoms with Gasteiger partial charge in [0.25, 0.3) is 0 Å². The molecule has 2 rings (SSSR count). The lowest BCUT2D eigenvalue weighted by Gasteiger charge is -2.38. The minimum absolute atomic E-state index is 0.0932. The third kappa shape index (κ3) is 7.64. The summed E-state index contributed by atoms with van der Waals surface area (Å²) in [5.41, 5.74) is 7.81. The van der Waals surface area contributed by atoms with Crippen molar-refractivity contribution in [1.82, 2.24) is 4.90 Å². The van der Waals surface area contributed by atoms with E-state index in [1.165, 1.54) is 0 Å². The third-order valence-electron chi connectivity index (χ3n) is 5.71. The van der Waals surface area contributed by atoms with Gasteiger partial charge >= 0.3 is 6.09 Å². The van der Waals surface area contributed by atoms with E-state index in [0.29, 0.717) is 36.1 Å². The number of halogens is 1. The molecular weight excluding hydrogens is 442 g/mol. The van der Waals surface area contributed by atoms with Gasteiger partial charge in [0.05, 0.1) is 24.9 Å². The van der Waals surface area contributed by atoms with Crippen molar-refractivity contribution >= 4 is 37.4 Å². The molecular formula is C24H38ClN3O3Si. The second-order valence-corrected chi connectivity index (χ2v) is 16.1. The Hall–Kier alpha value is -1.83. The number of ether oxygens (including phenoxy) is 1. The summed E-state index contributed by atoms with van der Waals surface area (Å²) in [6, 6.07) is 7.16. The number of hydrogen-bond acceptors (Lipinski definition) is 5. The zero-order valence-corrected chi connectivity index (χ0v) is 22.4. The summed E-state index contributed by atoms with van der Waals surface area (Å²) in [7, 11) is -1.95. The largest absolute Gasteiger partial charge is 0.444 e. The van der Waals surface area contributed by atoms with E-state index in [4.69, 9.17) is 31.5 Å². The van der Waals surface area contributed by atoms with Crippen molar-refractivity contribution in [1.29, 1.82) is 0 Å². The number of rotatable bonds is 5. The van der Waals surface area contributed by atoms with Gasteiger partial charge < -0.3 is 19.8 Å². The summed E-state index contributed by atoms with van der Waals surface area (Å²) in [6.07, 6.45) is 1.44. The second-order valence-electron chi connectivity index (χ2n) is 10.8. The first-order chi connectivity index (χ1) is 14.6. The van der Waals surface area contributed by atoms with Gasteiger partial charge in [-0.1, -0.05) is 44.5 Å². The Morgan fingerprint density at radius 1 is 1.28 bits per heavy atom. The molecule has 1 unspecified atom stereocenters. The van der Waals surface area contributed by atoms with E-state index < -0.39 is 13.9 Å². The SMILES string of the molecule is CC(C)(C)OC(=O)N1CC(C=C(N)c2cccc(Cl)c2)=NC(CO[Si](C)(C)C(C)(C)C)C1. The number of benzene rings is 1. The van der Waals surface area contributed by atoms with Crippen LogP contribution in [0.3, 0.4) is 0 Å². The highest BCUT2D eigenvalue weighted by molar-refractivity contribution is 6.74. The molecule has 0 aromatic heterocycles. The lowest BCUT2D eigenvalue weighted by Crippen LogP contribution is -2.49. The maximum absolute atomic E-state index is 12.8. The van der Waals surface area contributed by atoms with Gasteiger partial charge in [-0.05, 0) is 62.7 Å². The predicted octanol–water partition coefficient (Wildman–Crippen LogP) is 5.72. The molecule has 1 atom stereocenters. The van der Waals surface area contributed by atoms with Crippen LogP contribution < -0.4 is 5.73 Å². The van der Waals surface area contributed by atoms with Gasteiger partial charge in [0.15, 0.2) is 8.32 Å². The third-order valence-corrected chi connectivity index (χ3v) is 10.4. The van der Waals surface area contributed by atoms with E-state index in [9.17, 15) is 4.79 Å². The molecule has 0 aliphatic carbocycles. The molecule has 0 radical (unpaired) electrons. The topological polar surface area (TPSA) is 77.2 Å². The number of carbonyl (C=O) groups is 1. The average molecular weight is 480 g/mol. The number of aliphatic imine (C=N–C) groups is 1. The molecule has 1 aromatic rings. The zero-order valence-electron chi connectivity index (χ0n) is 20.7. The fourth-order valence-electron chi connectivity index (χ4n) is 2.92. The predicted molar refractivity (Wildman–Crippen MR) is 136 cm³/mol. The molecule has 0 spiro atoms.